The zero-order chi connectivity index (χ0) is 20.3. The van der Waals surface area contributed by atoms with Crippen LogP contribution in [-0.4, -0.2) is 33.2 Å². The molecule has 0 bridgehead atoms. The molecule has 0 saturated heterocycles. The van der Waals surface area contributed by atoms with Crippen LogP contribution in [0.15, 0.2) is 58.5 Å². The molecule has 0 atom stereocenters. The maximum atomic E-state index is 12.9. The number of nitrogens with zero attached hydrogens (tertiary/aromatic N) is 3. The predicted molar refractivity (Wildman–Crippen MR) is 115 cm³/mol. The predicted octanol–water partition coefficient (Wildman–Crippen LogP) is 4.38. The van der Waals surface area contributed by atoms with Crippen molar-refractivity contribution in [2.75, 3.05) is 12.8 Å². The normalized spacial score (nSPS) is 11.2. The molecule has 3 aromatic rings. The zero-order valence-corrected chi connectivity index (χ0v) is 17.6. The molecular formula is C21H22ClN3O2S. The highest BCUT2D eigenvalue weighted by Gasteiger charge is 2.17. The quantitative estimate of drug-likeness (QED) is 0.442. The number of aromatic nitrogens is 2. The number of halogens is 1. The summed E-state index contributed by atoms with van der Waals surface area (Å²) >= 11 is 7.33. The second-order valence-corrected chi connectivity index (χ2v) is 8.23. The Hall–Kier alpha value is -2.31. The number of amides is 1. The van der Waals surface area contributed by atoms with Crippen LogP contribution < -0.4 is 5.56 Å². The maximum Gasteiger partial charge on any atom is 0.262 e. The minimum Gasteiger partial charge on any atom is -0.341 e. The van der Waals surface area contributed by atoms with Gasteiger partial charge < -0.3 is 4.90 Å². The summed E-state index contributed by atoms with van der Waals surface area (Å²) in [6.45, 7) is 4.40. The van der Waals surface area contributed by atoms with Crippen LogP contribution in [0.4, 0.5) is 0 Å². The number of thioether (sulfide) groups is 1. The SMILES string of the molecule is CC(C)n1c(SCC(=O)N(C)Cc2ccccc2)nc2cc(Cl)ccc2c1=O. The van der Waals surface area contributed by atoms with Gasteiger partial charge in [0.1, 0.15) is 0 Å². The van der Waals surface area contributed by atoms with E-state index in [1.165, 1.54) is 11.8 Å². The number of fused-ring (bicyclic) bond motifs is 1. The average Bonchev–Trinajstić information content (AvgIpc) is 2.66. The molecule has 0 aliphatic carbocycles. The summed E-state index contributed by atoms with van der Waals surface area (Å²) < 4.78 is 1.63. The van der Waals surface area contributed by atoms with E-state index in [4.69, 9.17) is 11.6 Å². The van der Waals surface area contributed by atoms with E-state index >= 15 is 0 Å². The molecule has 0 N–H and O–H groups in total. The molecule has 146 valence electrons. The Morgan fingerprint density at radius 2 is 1.93 bits per heavy atom. The van der Waals surface area contributed by atoms with E-state index < -0.39 is 0 Å². The lowest BCUT2D eigenvalue weighted by Gasteiger charge is -2.19. The van der Waals surface area contributed by atoms with E-state index in [-0.39, 0.29) is 23.3 Å². The van der Waals surface area contributed by atoms with Crippen LogP contribution in [-0.2, 0) is 11.3 Å². The fourth-order valence-electron chi connectivity index (χ4n) is 2.89. The average molecular weight is 416 g/mol. The first kappa shape index (κ1) is 20.4. The van der Waals surface area contributed by atoms with Crippen LogP contribution in [0.25, 0.3) is 10.9 Å². The van der Waals surface area contributed by atoms with Gasteiger partial charge in [-0.2, -0.15) is 0 Å². The van der Waals surface area contributed by atoms with Crippen molar-refractivity contribution in [3.63, 3.8) is 0 Å². The summed E-state index contributed by atoms with van der Waals surface area (Å²) in [4.78, 5) is 31.7. The first-order valence-electron chi connectivity index (χ1n) is 8.99. The van der Waals surface area contributed by atoms with Crippen molar-refractivity contribution in [3.8, 4) is 0 Å². The van der Waals surface area contributed by atoms with Crippen LogP contribution in [0.3, 0.4) is 0 Å². The molecular weight excluding hydrogens is 394 g/mol. The maximum absolute atomic E-state index is 12.9. The van der Waals surface area contributed by atoms with Gasteiger partial charge in [0.25, 0.3) is 5.56 Å². The van der Waals surface area contributed by atoms with E-state index in [1.807, 2.05) is 44.2 Å². The molecule has 0 fully saturated rings. The topological polar surface area (TPSA) is 55.2 Å². The Morgan fingerprint density at radius 1 is 1.21 bits per heavy atom. The van der Waals surface area contributed by atoms with Gasteiger partial charge in [0.15, 0.2) is 5.16 Å². The second kappa shape index (κ2) is 8.80. The fourth-order valence-corrected chi connectivity index (χ4v) is 4.13. The van der Waals surface area contributed by atoms with Gasteiger partial charge in [0.05, 0.1) is 16.7 Å². The van der Waals surface area contributed by atoms with Crippen molar-refractivity contribution < 1.29 is 4.79 Å². The minimum absolute atomic E-state index is 0.0235. The Balaban J connectivity index is 1.82. The van der Waals surface area contributed by atoms with Gasteiger partial charge in [0, 0.05) is 24.7 Å². The Morgan fingerprint density at radius 3 is 2.61 bits per heavy atom. The number of hydrogen-bond acceptors (Lipinski definition) is 4. The van der Waals surface area contributed by atoms with E-state index in [0.717, 1.165) is 5.56 Å². The summed E-state index contributed by atoms with van der Waals surface area (Å²) in [5.74, 6) is 0.179. The van der Waals surface area contributed by atoms with Crippen LogP contribution in [0.2, 0.25) is 5.02 Å². The smallest absolute Gasteiger partial charge is 0.262 e. The molecule has 3 rings (SSSR count). The Bertz CT molecular complexity index is 1050. The first-order valence-corrected chi connectivity index (χ1v) is 10.4. The lowest BCUT2D eigenvalue weighted by Crippen LogP contribution is -2.29. The molecule has 2 aromatic carbocycles. The van der Waals surface area contributed by atoms with Crippen molar-refractivity contribution >= 4 is 40.2 Å². The molecule has 7 heteroatoms. The van der Waals surface area contributed by atoms with Crippen molar-refractivity contribution in [2.45, 2.75) is 31.6 Å². The molecule has 1 heterocycles. The molecule has 0 saturated carbocycles. The van der Waals surface area contributed by atoms with Gasteiger partial charge in [-0.25, -0.2) is 4.98 Å². The van der Waals surface area contributed by atoms with Gasteiger partial charge in [-0.1, -0.05) is 53.7 Å². The van der Waals surface area contributed by atoms with Crippen LogP contribution >= 0.6 is 23.4 Å². The second-order valence-electron chi connectivity index (χ2n) is 6.85. The summed E-state index contributed by atoms with van der Waals surface area (Å²) in [6, 6.07) is 14.8. The molecule has 0 spiro atoms. The third-order valence-electron chi connectivity index (χ3n) is 4.36. The van der Waals surface area contributed by atoms with Gasteiger partial charge in [-0.05, 0) is 37.6 Å². The Labute approximate surface area is 173 Å². The third kappa shape index (κ3) is 4.56. The lowest BCUT2D eigenvalue weighted by atomic mass is 10.2. The number of benzene rings is 2. The molecule has 0 aliphatic heterocycles. The molecule has 0 radical (unpaired) electrons. The molecule has 0 aliphatic rings. The lowest BCUT2D eigenvalue weighted by molar-refractivity contribution is -0.127. The van der Waals surface area contributed by atoms with Gasteiger partial charge in [-0.15, -0.1) is 0 Å². The molecule has 5 nitrogen and oxygen atoms in total. The van der Waals surface area contributed by atoms with Crippen LogP contribution in [0.5, 0.6) is 0 Å². The van der Waals surface area contributed by atoms with Crippen LogP contribution in [0, 0.1) is 0 Å². The first-order chi connectivity index (χ1) is 13.4. The highest BCUT2D eigenvalue weighted by molar-refractivity contribution is 7.99. The zero-order valence-electron chi connectivity index (χ0n) is 16.1. The number of carbonyl (C=O) groups excluding carboxylic acids is 1. The van der Waals surface area contributed by atoms with E-state index in [9.17, 15) is 9.59 Å². The van der Waals surface area contributed by atoms with Crippen molar-refractivity contribution in [3.05, 3.63) is 69.5 Å². The number of hydrogen-bond donors (Lipinski definition) is 0. The largest absolute Gasteiger partial charge is 0.341 e. The monoisotopic (exact) mass is 415 g/mol. The van der Waals surface area contributed by atoms with Crippen molar-refractivity contribution in [2.24, 2.45) is 0 Å². The van der Waals surface area contributed by atoms with Crippen LogP contribution in [0.1, 0.15) is 25.5 Å². The Kier molecular flexibility index (Phi) is 6.42. The number of carbonyl (C=O) groups is 1. The molecule has 1 aromatic heterocycles. The van der Waals surface area contributed by atoms with Gasteiger partial charge >= 0.3 is 0 Å². The summed E-state index contributed by atoms with van der Waals surface area (Å²) in [5, 5.41) is 1.57. The number of rotatable bonds is 6. The summed E-state index contributed by atoms with van der Waals surface area (Å²) in [7, 11) is 1.78. The van der Waals surface area contributed by atoms with Gasteiger partial charge in [0.2, 0.25) is 5.91 Å². The van der Waals surface area contributed by atoms with Gasteiger partial charge in [-0.3, -0.25) is 14.2 Å². The minimum atomic E-state index is -0.121. The molecule has 28 heavy (non-hydrogen) atoms. The molecule has 1 amide bonds. The van der Waals surface area contributed by atoms with E-state index in [0.29, 0.717) is 27.6 Å². The van der Waals surface area contributed by atoms with E-state index in [1.54, 1.807) is 34.7 Å². The standard InChI is InChI=1S/C21H22ClN3O2S/c1-14(2)25-20(27)17-10-9-16(22)11-18(17)23-21(25)28-13-19(26)24(3)12-15-7-5-4-6-8-15/h4-11,14H,12-13H2,1-3H3. The fraction of sp³-hybridized carbons (Fsp3) is 0.286. The highest BCUT2D eigenvalue weighted by atomic mass is 35.5. The summed E-state index contributed by atoms with van der Waals surface area (Å²) in [6.07, 6.45) is 0. The van der Waals surface area contributed by atoms with Crippen molar-refractivity contribution in [1.82, 2.24) is 14.5 Å². The highest BCUT2D eigenvalue weighted by Crippen LogP contribution is 2.23. The van der Waals surface area contributed by atoms with Crippen molar-refractivity contribution in [1.29, 1.82) is 0 Å². The van der Waals surface area contributed by atoms with E-state index in [2.05, 4.69) is 4.98 Å². The molecule has 0 unspecified atom stereocenters. The summed E-state index contributed by atoms with van der Waals surface area (Å²) in [5.41, 5.74) is 1.49. The third-order valence-corrected chi connectivity index (χ3v) is 5.53.